The number of nitriles is 4. The van der Waals surface area contributed by atoms with Gasteiger partial charge in [0.25, 0.3) is 0 Å². The van der Waals surface area contributed by atoms with E-state index in [1.165, 1.54) is 0 Å². The van der Waals surface area contributed by atoms with Crippen LogP contribution < -0.4 is 0 Å². The van der Waals surface area contributed by atoms with E-state index < -0.39 is 0 Å². The van der Waals surface area contributed by atoms with E-state index in [1.54, 1.807) is 0 Å². The summed E-state index contributed by atoms with van der Waals surface area (Å²) in [7, 11) is 0. The fourth-order valence-corrected chi connectivity index (χ4v) is 21.1. The molecule has 12 nitrogen and oxygen atoms in total. The summed E-state index contributed by atoms with van der Waals surface area (Å²) in [6.07, 6.45) is 0. The van der Waals surface area contributed by atoms with Gasteiger partial charge in [0.2, 0.25) is 22.7 Å². The standard InChI is InChI=1S/C35H25N3.2C34H23N3.C33H21N3/c1-22-23(2)31(21-36)35(34(37-4)24(22)3)38-32-17-15-27(25-11-7-5-8-12-25)19-29(32)30-20-28(16-18-33(30)38)26-13-9-6-10-14-26;1-22-18-28(21-35)34(33(36-3)23(22)2)37-31-16-14-26(24-10-6-4-7-11-24)19-29(31)30-20-27(15-17-32(30)37)25-12-8-5-9-13-25;1-22-18-23(2)33(36-3)34(30(22)21-35)37-31-16-14-26(24-10-6-4-7-11-24)19-28(31)29-20-27(15-17-32(29)37)25-12-8-5-9-13-25;1-22-17-27(21-34)33(30(18-22)35-2)36-31-15-13-25(23-9-5-3-6-10-23)19-28(31)29-20-26(14-16-32(29)36)24-11-7-4-8-12-24/h5-20H,1-3H3;2*4-20H,1-2H3;3-20H,1H3. The summed E-state index contributed by atoms with van der Waals surface area (Å²) >= 11 is 0. The lowest BCUT2D eigenvalue weighted by molar-refractivity contribution is 1.13. The van der Waals surface area contributed by atoms with Crippen LogP contribution in [0.25, 0.3) is 218 Å². The van der Waals surface area contributed by atoms with E-state index in [0.29, 0.717) is 67.8 Å². The van der Waals surface area contributed by atoms with Gasteiger partial charge in [-0.25, -0.2) is 19.4 Å². The van der Waals surface area contributed by atoms with Crippen molar-refractivity contribution in [2.75, 3.05) is 0 Å². The maximum Gasteiger partial charge on any atom is 0.215 e. The van der Waals surface area contributed by atoms with Gasteiger partial charge >= 0.3 is 0 Å². The molecule has 0 amide bonds. The van der Waals surface area contributed by atoms with Gasteiger partial charge in [-0.05, 0) is 281 Å². The quantitative estimate of drug-likeness (QED) is 0.113. The number of fused-ring (bicyclic) bond motifs is 12. The third-order valence-electron chi connectivity index (χ3n) is 28.7. The minimum absolute atomic E-state index is 0.477. The molecule has 0 spiro atoms. The molecule has 0 saturated heterocycles. The Morgan fingerprint density at radius 1 is 0.189 bits per heavy atom. The molecular weight excluding hydrogens is 1800 g/mol. The molecule has 0 aliphatic rings. The predicted molar refractivity (Wildman–Crippen MR) is 608 cm³/mol. The van der Waals surface area contributed by atoms with Crippen molar-refractivity contribution in [1.82, 2.24) is 18.3 Å². The summed E-state index contributed by atoms with van der Waals surface area (Å²) in [4.78, 5) is 15.6. The van der Waals surface area contributed by atoms with Crippen molar-refractivity contribution in [3.8, 4) is 136 Å². The number of hydrogen-bond donors (Lipinski definition) is 0. The van der Waals surface area contributed by atoms with Crippen LogP contribution in [0.3, 0.4) is 0 Å². The Kier molecular flexibility index (Phi) is 25.3. The second kappa shape index (κ2) is 39.9. The number of rotatable bonds is 12. The van der Waals surface area contributed by atoms with Crippen LogP contribution in [0.1, 0.15) is 66.8 Å². The molecule has 12 heteroatoms. The van der Waals surface area contributed by atoms with E-state index in [4.69, 9.17) is 26.3 Å². The minimum atomic E-state index is 0.477. The molecule has 0 unspecified atom stereocenters. The summed E-state index contributed by atoms with van der Waals surface area (Å²) < 4.78 is 8.42. The topological polar surface area (TPSA) is 132 Å². The van der Waals surface area contributed by atoms with Gasteiger partial charge in [0.05, 0.1) is 128 Å². The first-order valence-electron chi connectivity index (χ1n) is 48.9. The Labute approximate surface area is 859 Å². The van der Waals surface area contributed by atoms with Gasteiger partial charge in [0, 0.05) is 43.1 Å². The third kappa shape index (κ3) is 16.9. The molecule has 0 bridgehead atoms. The molecule has 0 aliphatic carbocycles. The zero-order chi connectivity index (χ0) is 102. The second-order valence-electron chi connectivity index (χ2n) is 37.3. The van der Waals surface area contributed by atoms with E-state index in [2.05, 4.69) is 329 Å². The summed E-state index contributed by atoms with van der Waals surface area (Å²) in [6.45, 7) is 47.6. The van der Waals surface area contributed by atoms with Gasteiger partial charge in [-0.15, -0.1) is 0 Å². The third-order valence-corrected chi connectivity index (χ3v) is 28.7. The molecule has 148 heavy (non-hydrogen) atoms. The van der Waals surface area contributed by atoms with E-state index in [1.807, 2.05) is 201 Å². The Bertz CT molecular complexity index is 9360. The molecule has 0 N–H and O–H groups in total. The van der Waals surface area contributed by atoms with E-state index in [9.17, 15) is 21.0 Å². The highest BCUT2D eigenvalue weighted by Gasteiger charge is 2.29. The maximum atomic E-state index is 10.3. The molecular formula is C136H92N12. The zero-order valence-corrected chi connectivity index (χ0v) is 82.6. The zero-order valence-electron chi connectivity index (χ0n) is 82.6. The largest absolute Gasteiger partial charge is 0.318 e. The average Bonchev–Trinajstić information content (AvgIpc) is 1.59. The lowest BCUT2D eigenvalue weighted by Gasteiger charge is -2.18. The van der Waals surface area contributed by atoms with Crippen molar-refractivity contribution in [3.05, 3.63) is 525 Å². The molecule has 24 aromatic rings. The van der Waals surface area contributed by atoms with Crippen molar-refractivity contribution in [3.63, 3.8) is 0 Å². The Hall–Kier alpha value is -20.5. The van der Waals surface area contributed by atoms with Gasteiger partial charge in [0.15, 0.2) is 0 Å². The number of nitrogens with zero attached hydrogens (tertiary/aromatic N) is 12. The molecule has 0 fully saturated rings. The molecule has 24 rings (SSSR count). The van der Waals surface area contributed by atoms with E-state index >= 15 is 0 Å². The first-order chi connectivity index (χ1) is 72.4. The highest BCUT2D eigenvalue weighted by molar-refractivity contribution is 6.17. The fourth-order valence-electron chi connectivity index (χ4n) is 21.1. The van der Waals surface area contributed by atoms with Gasteiger partial charge < -0.3 is 18.3 Å². The number of benzene rings is 20. The molecule has 0 radical (unpaired) electrons. The summed E-state index contributed by atoms with van der Waals surface area (Å²) in [6, 6.07) is 152. The van der Waals surface area contributed by atoms with E-state index in [0.717, 1.165) is 221 Å². The van der Waals surface area contributed by atoms with Crippen LogP contribution in [0, 0.1) is 127 Å². The Morgan fingerprint density at radius 3 is 0.682 bits per heavy atom. The monoisotopic (exact) mass is 1890 g/mol. The van der Waals surface area contributed by atoms with Crippen LogP contribution in [0.5, 0.6) is 0 Å². The lowest BCUT2D eigenvalue weighted by Crippen LogP contribution is -2.04. The smallest absolute Gasteiger partial charge is 0.215 e. The van der Waals surface area contributed by atoms with Crippen molar-refractivity contribution < 1.29 is 0 Å². The van der Waals surface area contributed by atoms with Crippen LogP contribution in [-0.2, 0) is 0 Å². The summed E-state index contributed by atoms with van der Waals surface area (Å²) in [5.74, 6) is 0. The second-order valence-corrected chi connectivity index (χ2v) is 37.3. The highest BCUT2D eigenvalue weighted by atomic mass is 15.0. The first-order valence-corrected chi connectivity index (χ1v) is 48.9. The number of aryl methyl sites for hydroxylation is 4. The van der Waals surface area contributed by atoms with Crippen LogP contribution in [-0.4, -0.2) is 18.3 Å². The van der Waals surface area contributed by atoms with Crippen molar-refractivity contribution in [1.29, 1.82) is 21.0 Å². The number of hydrogen-bond acceptors (Lipinski definition) is 4. The predicted octanol–water partition coefficient (Wildman–Crippen LogP) is 36.6. The van der Waals surface area contributed by atoms with Crippen LogP contribution in [0.15, 0.2) is 413 Å². The van der Waals surface area contributed by atoms with Crippen molar-refractivity contribution >= 4 is 110 Å². The minimum Gasteiger partial charge on any atom is -0.318 e. The highest BCUT2D eigenvalue weighted by Crippen LogP contribution is 2.50. The van der Waals surface area contributed by atoms with Crippen molar-refractivity contribution in [2.24, 2.45) is 0 Å². The average molecular weight is 1890 g/mol. The van der Waals surface area contributed by atoms with Crippen LogP contribution >= 0.6 is 0 Å². The summed E-state index contributed by atoms with van der Waals surface area (Å²) in [5.41, 5.74) is 40.1. The Morgan fingerprint density at radius 2 is 0.432 bits per heavy atom. The molecule has 20 aromatic carbocycles. The Balaban J connectivity index is 0.000000116. The number of aromatic nitrogens is 4. The van der Waals surface area contributed by atoms with Gasteiger partial charge in [-0.2, -0.15) is 21.0 Å². The van der Waals surface area contributed by atoms with Gasteiger partial charge in [0.1, 0.15) is 12.1 Å². The van der Waals surface area contributed by atoms with E-state index in [-0.39, 0.29) is 0 Å². The van der Waals surface area contributed by atoms with Gasteiger partial charge in [-0.3, -0.25) is 0 Å². The molecule has 696 valence electrons. The van der Waals surface area contributed by atoms with Crippen LogP contribution in [0.2, 0.25) is 0 Å². The molecule has 4 heterocycles. The van der Waals surface area contributed by atoms with Crippen molar-refractivity contribution in [2.45, 2.75) is 55.4 Å². The SMILES string of the molecule is [C-]#[N+]c1c(C)c(C)c(C)c(C#N)c1-n1c2ccc(-c3ccccc3)cc2c2cc(-c3ccccc3)ccc21.[C-]#[N+]c1c(C)c(C)cc(C#N)c1-n1c2ccc(-c3ccccc3)cc2c2cc(-c3ccccc3)ccc21.[C-]#[N+]c1c(C)cc(C)c(C#N)c1-n1c2ccc(-c3ccccc3)cc2c2cc(-c3ccccc3)ccc21.[C-]#[N+]c1cc(C)cc(C#N)c1-n1c2ccc(-c3ccccc3)cc2c2cc(-c3ccccc3)ccc21. The normalized spacial score (nSPS) is 10.9. The van der Waals surface area contributed by atoms with Crippen LogP contribution in [0.4, 0.5) is 22.7 Å². The first kappa shape index (κ1) is 93.8. The lowest BCUT2D eigenvalue weighted by atomic mass is 9.95. The maximum absolute atomic E-state index is 10.3. The molecule has 0 aliphatic heterocycles. The molecule has 0 atom stereocenters. The fraction of sp³-hybridized carbons (Fsp3) is 0.0588. The molecule has 4 aromatic heterocycles. The van der Waals surface area contributed by atoms with Gasteiger partial charge in [-0.1, -0.05) is 320 Å². The summed E-state index contributed by atoms with van der Waals surface area (Å²) in [5, 5.41) is 49.3. The molecule has 0 saturated carbocycles.